The Morgan fingerprint density at radius 1 is 1.28 bits per heavy atom. The van der Waals surface area contributed by atoms with Gasteiger partial charge in [0.1, 0.15) is 5.78 Å². The highest BCUT2D eigenvalue weighted by molar-refractivity contribution is 7.54. The van der Waals surface area contributed by atoms with Gasteiger partial charge in [-0.05, 0) is 19.9 Å². The summed E-state index contributed by atoms with van der Waals surface area (Å²) in [5, 5.41) is 0. The van der Waals surface area contributed by atoms with Crippen molar-refractivity contribution in [2.75, 3.05) is 13.2 Å². The second-order valence-electron chi connectivity index (χ2n) is 3.46. The molecule has 0 aromatic heterocycles. The zero-order valence-corrected chi connectivity index (χ0v) is 11.1. The maximum atomic E-state index is 13.6. The van der Waals surface area contributed by atoms with Gasteiger partial charge in [0.05, 0.1) is 13.2 Å². The van der Waals surface area contributed by atoms with Gasteiger partial charge >= 0.3 is 7.60 Å². The van der Waals surface area contributed by atoms with Crippen LogP contribution in [0, 0.1) is 11.6 Å². The average Bonchev–Trinajstić information content (AvgIpc) is 2.32. The van der Waals surface area contributed by atoms with Crippen LogP contribution in [0.1, 0.15) is 25.2 Å². The third kappa shape index (κ3) is 3.14. The summed E-state index contributed by atoms with van der Waals surface area (Å²) in [6, 6.07) is 3.50. The van der Waals surface area contributed by atoms with Crippen molar-refractivity contribution in [1.82, 2.24) is 0 Å². The van der Waals surface area contributed by atoms with E-state index in [0.717, 1.165) is 6.07 Å². The van der Waals surface area contributed by atoms with E-state index in [1.54, 1.807) is 13.8 Å². The summed E-state index contributed by atoms with van der Waals surface area (Å²) in [4.78, 5) is 0. The van der Waals surface area contributed by atoms with Gasteiger partial charge in [-0.1, -0.05) is 12.1 Å². The largest absolute Gasteiger partial charge is 0.351 e. The van der Waals surface area contributed by atoms with Gasteiger partial charge in [0.15, 0.2) is 11.6 Å². The Labute approximate surface area is 105 Å². The number of hydrogen-bond donors (Lipinski definition) is 1. The molecule has 1 rings (SSSR count). The van der Waals surface area contributed by atoms with Gasteiger partial charge in [-0.25, -0.2) is 8.78 Å². The molecule has 0 unspecified atom stereocenters. The van der Waals surface area contributed by atoms with Gasteiger partial charge in [0, 0.05) is 5.56 Å². The highest BCUT2D eigenvalue weighted by Gasteiger charge is 2.36. The van der Waals surface area contributed by atoms with Crippen LogP contribution in [0.2, 0.25) is 0 Å². The maximum absolute atomic E-state index is 13.6. The lowest BCUT2D eigenvalue weighted by Gasteiger charge is -2.23. The van der Waals surface area contributed by atoms with Crippen molar-refractivity contribution in [1.29, 1.82) is 0 Å². The Balaban J connectivity index is 3.13. The van der Waals surface area contributed by atoms with Crippen LogP contribution in [0.25, 0.3) is 0 Å². The van der Waals surface area contributed by atoms with Crippen molar-refractivity contribution in [2.45, 2.75) is 19.6 Å². The molecule has 0 heterocycles. The molecule has 0 radical (unpaired) electrons. The minimum Gasteiger partial charge on any atom is -0.314 e. The fourth-order valence-electron chi connectivity index (χ4n) is 1.48. The lowest BCUT2D eigenvalue weighted by Crippen LogP contribution is -2.17. The number of benzene rings is 1. The molecular formula is C11H16F2NO3P. The molecule has 0 saturated heterocycles. The van der Waals surface area contributed by atoms with E-state index in [2.05, 4.69) is 0 Å². The maximum Gasteiger partial charge on any atom is 0.351 e. The van der Waals surface area contributed by atoms with Gasteiger partial charge in [0.2, 0.25) is 0 Å². The lowest BCUT2D eigenvalue weighted by molar-refractivity contribution is 0.211. The molecule has 102 valence electrons. The van der Waals surface area contributed by atoms with Crippen molar-refractivity contribution in [3.8, 4) is 0 Å². The van der Waals surface area contributed by atoms with Gasteiger partial charge < -0.3 is 14.8 Å². The first-order chi connectivity index (χ1) is 8.46. The second kappa shape index (κ2) is 6.38. The van der Waals surface area contributed by atoms with E-state index in [1.165, 1.54) is 12.1 Å². The summed E-state index contributed by atoms with van der Waals surface area (Å²) < 4.78 is 49.0. The molecule has 0 aliphatic carbocycles. The van der Waals surface area contributed by atoms with Crippen LogP contribution in [0.15, 0.2) is 18.2 Å². The number of rotatable bonds is 6. The Kier molecular flexibility index (Phi) is 5.41. The molecule has 0 aliphatic rings. The molecule has 2 N–H and O–H groups in total. The number of nitrogens with two attached hydrogens (primary N) is 1. The van der Waals surface area contributed by atoms with Crippen LogP contribution in [-0.2, 0) is 13.6 Å². The van der Waals surface area contributed by atoms with Crippen LogP contribution >= 0.6 is 7.60 Å². The van der Waals surface area contributed by atoms with Crippen LogP contribution in [0.4, 0.5) is 8.78 Å². The molecule has 1 aromatic carbocycles. The van der Waals surface area contributed by atoms with Crippen LogP contribution in [-0.4, -0.2) is 13.2 Å². The third-order valence-corrected chi connectivity index (χ3v) is 4.45. The minimum absolute atomic E-state index is 0.0991. The molecule has 0 aliphatic heterocycles. The van der Waals surface area contributed by atoms with Gasteiger partial charge in [0.25, 0.3) is 0 Å². The van der Waals surface area contributed by atoms with E-state index >= 15 is 0 Å². The van der Waals surface area contributed by atoms with Crippen LogP contribution in [0.3, 0.4) is 0 Å². The fraction of sp³-hybridized carbons (Fsp3) is 0.455. The highest BCUT2D eigenvalue weighted by Crippen LogP contribution is 2.58. The summed E-state index contributed by atoms with van der Waals surface area (Å²) in [6.45, 7) is 3.42. The summed E-state index contributed by atoms with van der Waals surface area (Å²) in [5.41, 5.74) is 5.47. The number of halogens is 2. The molecule has 0 spiro atoms. The van der Waals surface area contributed by atoms with Crippen molar-refractivity contribution in [3.05, 3.63) is 35.4 Å². The normalized spacial score (nSPS) is 13.6. The third-order valence-electron chi connectivity index (χ3n) is 2.26. The molecule has 0 amide bonds. The smallest absolute Gasteiger partial charge is 0.314 e. The average molecular weight is 279 g/mol. The van der Waals surface area contributed by atoms with Gasteiger partial charge in [-0.3, -0.25) is 4.57 Å². The SMILES string of the molecule is CCOP(=O)(OCC)[C@H](N)c1cccc(F)c1F. The first-order valence-electron chi connectivity index (χ1n) is 5.54. The highest BCUT2D eigenvalue weighted by atomic mass is 31.2. The van der Waals surface area contributed by atoms with Gasteiger partial charge in [-0.2, -0.15) is 0 Å². The molecule has 1 aromatic rings. The molecule has 0 saturated carbocycles. The minimum atomic E-state index is -3.71. The predicted octanol–water partition coefficient (Wildman–Crippen LogP) is 3.19. The lowest BCUT2D eigenvalue weighted by atomic mass is 10.2. The summed E-state index contributed by atoms with van der Waals surface area (Å²) in [6.07, 6.45) is 0. The van der Waals surface area contributed by atoms with E-state index in [1.807, 2.05) is 0 Å². The zero-order valence-electron chi connectivity index (χ0n) is 10.2. The second-order valence-corrected chi connectivity index (χ2v) is 5.62. The van der Waals surface area contributed by atoms with Crippen molar-refractivity contribution in [3.63, 3.8) is 0 Å². The number of hydrogen-bond acceptors (Lipinski definition) is 4. The Bertz CT molecular complexity index is 446. The first-order valence-corrected chi connectivity index (χ1v) is 7.15. The van der Waals surface area contributed by atoms with Crippen LogP contribution in [0.5, 0.6) is 0 Å². The topological polar surface area (TPSA) is 61.5 Å². The van der Waals surface area contributed by atoms with E-state index in [0.29, 0.717) is 0 Å². The van der Waals surface area contributed by atoms with Crippen molar-refractivity contribution >= 4 is 7.60 Å². The molecule has 7 heteroatoms. The molecular weight excluding hydrogens is 263 g/mol. The molecule has 4 nitrogen and oxygen atoms in total. The van der Waals surface area contributed by atoms with Gasteiger partial charge in [-0.15, -0.1) is 0 Å². The van der Waals surface area contributed by atoms with E-state index in [4.69, 9.17) is 14.8 Å². The zero-order chi connectivity index (χ0) is 13.8. The Morgan fingerprint density at radius 2 is 1.83 bits per heavy atom. The Hall–Kier alpha value is -0.810. The van der Waals surface area contributed by atoms with Crippen molar-refractivity contribution in [2.24, 2.45) is 5.73 Å². The van der Waals surface area contributed by atoms with E-state index in [9.17, 15) is 13.3 Å². The van der Waals surface area contributed by atoms with E-state index in [-0.39, 0.29) is 18.8 Å². The summed E-state index contributed by atoms with van der Waals surface area (Å²) in [5.74, 6) is -3.54. The van der Waals surface area contributed by atoms with Crippen molar-refractivity contribution < 1.29 is 22.4 Å². The standard InChI is InChI=1S/C11H16F2NO3P/c1-3-16-18(15,17-4-2)11(14)8-6-5-7-9(12)10(8)13/h5-7,11H,3-4,14H2,1-2H3/t11-/m0/s1. The fourth-order valence-corrected chi connectivity index (χ4v) is 3.13. The quantitative estimate of drug-likeness (QED) is 0.812. The summed E-state index contributed by atoms with van der Waals surface area (Å²) in [7, 11) is -3.71. The molecule has 1 atom stereocenters. The van der Waals surface area contributed by atoms with E-state index < -0.39 is 25.0 Å². The Morgan fingerprint density at radius 3 is 2.33 bits per heavy atom. The molecule has 0 fully saturated rings. The molecule has 18 heavy (non-hydrogen) atoms. The monoisotopic (exact) mass is 279 g/mol. The van der Waals surface area contributed by atoms with Crippen LogP contribution < -0.4 is 5.73 Å². The summed E-state index contributed by atoms with van der Waals surface area (Å²) >= 11 is 0. The first kappa shape index (κ1) is 15.2. The molecule has 0 bridgehead atoms. The predicted molar refractivity (Wildman–Crippen MR) is 64.1 cm³/mol.